The molecule has 0 aromatic carbocycles. The monoisotopic (exact) mass is 382 g/mol. The van der Waals surface area contributed by atoms with E-state index in [0.717, 1.165) is 24.2 Å². The van der Waals surface area contributed by atoms with Crippen LogP contribution in [-0.2, 0) is 0 Å². The van der Waals surface area contributed by atoms with Crippen molar-refractivity contribution >= 4 is 0 Å². The Kier molecular flexibility index (Phi) is 19.3. The van der Waals surface area contributed by atoms with Crippen molar-refractivity contribution in [1.29, 1.82) is 0 Å². The van der Waals surface area contributed by atoms with Gasteiger partial charge in [0.2, 0.25) is 0 Å². The summed E-state index contributed by atoms with van der Waals surface area (Å²) < 4.78 is 0. The molecule has 0 aliphatic rings. The fourth-order valence-corrected chi connectivity index (χ4v) is 4.33. The highest BCUT2D eigenvalue weighted by Crippen LogP contribution is 2.23. The third-order valence-corrected chi connectivity index (χ3v) is 6.60. The Morgan fingerprint density at radius 2 is 0.778 bits per heavy atom. The molecule has 0 aromatic rings. The highest BCUT2D eigenvalue weighted by Gasteiger charge is 2.08. The van der Waals surface area contributed by atoms with Crippen LogP contribution in [0.25, 0.3) is 0 Å². The molecular weight excluding hydrogens is 328 g/mol. The molecular formula is C26H54O. The van der Waals surface area contributed by atoms with Gasteiger partial charge in [0.15, 0.2) is 0 Å². The second-order valence-electron chi connectivity index (χ2n) is 9.93. The van der Waals surface area contributed by atoms with Gasteiger partial charge in [0, 0.05) is 6.61 Å². The zero-order valence-corrected chi connectivity index (χ0v) is 19.8. The largest absolute Gasteiger partial charge is 0.396 e. The fraction of sp³-hybridized carbons (Fsp3) is 1.00. The maximum Gasteiger partial charge on any atom is 0.0433 e. The van der Waals surface area contributed by atoms with Crippen LogP contribution in [0.15, 0.2) is 0 Å². The molecule has 1 heteroatoms. The van der Waals surface area contributed by atoms with Crippen LogP contribution in [0, 0.1) is 23.7 Å². The van der Waals surface area contributed by atoms with E-state index in [1.165, 1.54) is 96.3 Å². The number of aliphatic hydroxyl groups excluding tert-OH is 1. The molecule has 1 N–H and O–H groups in total. The summed E-state index contributed by atoms with van der Waals surface area (Å²) in [4.78, 5) is 0. The van der Waals surface area contributed by atoms with Crippen molar-refractivity contribution in [1.82, 2.24) is 0 Å². The Labute approximate surface area is 173 Å². The summed E-state index contributed by atoms with van der Waals surface area (Å²) in [5.74, 6) is 3.44. The molecule has 0 aromatic heterocycles. The predicted octanol–water partition coefficient (Wildman–Crippen LogP) is 8.78. The quantitative estimate of drug-likeness (QED) is 0.209. The van der Waals surface area contributed by atoms with Crippen LogP contribution < -0.4 is 0 Å². The number of rotatable bonds is 20. The molecule has 0 saturated carbocycles. The van der Waals surface area contributed by atoms with Crippen molar-refractivity contribution in [2.75, 3.05) is 6.61 Å². The zero-order chi connectivity index (χ0) is 20.3. The Hall–Kier alpha value is -0.0400. The summed E-state index contributed by atoms with van der Waals surface area (Å²) in [5.41, 5.74) is 0. The Balaban J connectivity index is 3.48. The molecule has 1 nitrogen and oxygen atoms in total. The van der Waals surface area contributed by atoms with Crippen LogP contribution in [-0.4, -0.2) is 11.7 Å². The van der Waals surface area contributed by atoms with Crippen LogP contribution in [0.5, 0.6) is 0 Å². The van der Waals surface area contributed by atoms with Gasteiger partial charge in [0.25, 0.3) is 0 Å². The molecule has 164 valence electrons. The highest BCUT2D eigenvalue weighted by atomic mass is 16.3. The first-order valence-corrected chi connectivity index (χ1v) is 12.6. The van der Waals surface area contributed by atoms with Gasteiger partial charge in [-0.1, -0.05) is 131 Å². The standard InChI is InChI=1S/C26H54O/c1-6-7-8-9-14-23(2)17-12-18-24(3)15-10-11-16-25(4)19-13-20-26(5)21-22-27/h23-27H,6-22H2,1-5H3. The Morgan fingerprint density at radius 1 is 0.444 bits per heavy atom. The molecule has 4 atom stereocenters. The smallest absolute Gasteiger partial charge is 0.0433 e. The summed E-state index contributed by atoms with van der Waals surface area (Å²) in [5, 5.41) is 8.97. The third kappa shape index (κ3) is 19.1. The summed E-state index contributed by atoms with van der Waals surface area (Å²) in [7, 11) is 0. The van der Waals surface area contributed by atoms with Gasteiger partial charge in [0.05, 0.1) is 0 Å². The summed E-state index contributed by atoms with van der Waals surface area (Å²) in [6.45, 7) is 12.3. The van der Waals surface area contributed by atoms with Gasteiger partial charge in [-0.05, 0) is 30.1 Å². The van der Waals surface area contributed by atoms with Crippen molar-refractivity contribution < 1.29 is 5.11 Å². The first kappa shape index (κ1) is 27.0. The van der Waals surface area contributed by atoms with Gasteiger partial charge in [-0.25, -0.2) is 0 Å². The molecule has 27 heavy (non-hydrogen) atoms. The Morgan fingerprint density at radius 3 is 1.15 bits per heavy atom. The van der Waals surface area contributed by atoms with Gasteiger partial charge in [0.1, 0.15) is 0 Å². The maximum atomic E-state index is 8.97. The molecule has 0 bridgehead atoms. The molecule has 0 radical (unpaired) electrons. The highest BCUT2D eigenvalue weighted by molar-refractivity contribution is 4.61. The first-order valence-electron chi connectivity index (χ1n) is 12.6. The normalized spacial score (nSPS) is 16.2. The van der Waals surface area contributed by atoms with Gasteiger partial charge in [-0.3, -0.25) is 0 Å². The van der Waals surface area contributed by atoms with Crippen molar-refractivity contribution in [3.05, 3.63) is 0 Å². The van der Waals surface area contributed by atoms with E-state index in [-0.39, 0.29) is 0 Å². The number of aliphatic hydroxyl groups is 1. The third-order valence-electron chi connectivity index (χ3n) is 6.60. The van der Waals surface area contributed by atoms with Crippen LogP contribution in [0.4, 0.5) is 0 Å². The molecule has 0 heterocycles. The van der Waals surface area contributed by atoms with E-state index in [1.807, 2.05) is 0 Å². The lowest BCUT2D eigenvalue weighted by Crippen LogP contribution is -2.02. The molecule has 0 amide bonds. The lowest BCUT2D eigenvalue weighted by atomic mass is 9.90. The van der Waals surface area contributed by atoms with E-state index in [1.54, 1.807) is 0 Å². The van der Waals surface area contributed by atoms with Crippen molar-refractivity contribution in [3.8, 4) is 0 Å². The minimum absolute atomic E-state index is 0.354. The van der Waals surface area contributed by atoms with E-state index in [0.29, 0.717) is 12.5 Å². The number of hydrogen-bond acceptors (Lipinski definition) is 1. The molecule has 0 saturated heterocycles. The zero-order valence-electron chi connectivity index (χ0n) is 19.8. The molecule has 4 unspecified atom stereocenters. The van der Waals surface area contributed by atoms with Gasteiger partial charge in [-0.2, -0.15) is 0 Å². The van der Waals surface area contributed by atoms with E-state index in [4.69, 9.17) is 5.11 Å². The minimum Gasteiger partial charge on any atom is -0.396 e. The Bertz CT molecular complexity index is 288. The second-order valence-corrected chi connectivity index (χ2v) is 9.93. The van der Waals surface area contributed by atoms with E-state index < -0.39 is 0 Å². The maximum absolute atomic E-state index is 8.97. The van der Waals surface area contributed by atoms with Crippen molar-refractivity contribution in [2.24, 2.45) is 23.7 Å². The SMILES string of the molecule is CCCCCCC(C)CCCC(C)CCCCC(C)CCCC(C)CCO. The number of unbranched alkanes of at least 4 members (excludes halogenated alkanes) is 4. The summed E-state index contributed by atoms with van der Waals surface area (Å²) in [6.07, 6.45) is 22.1. The van der Waals surface area contributed by atoms with E-state index in [9.17, 15) is 0 Å². The van der Waals surface area contributed by atoms with Gasteiger partial charge < -0.3 is 5.11 Å². The van der Waals surface area contributed by atoms with Crippen LogP contribution >= 0.6 is 0 Å². The minimum atomic E-state index is 0.354. The fourth-order valence-electron chi connectivity index (χ4n) is 4.33. The van der Waals surface area contributed by atoms with Crippen molar-refractivity contribution in [3.63, 3.8) is 0 Å². The molecule has 0 aliphatic heterocycles. The average Bonchev–Trinajstić information content (AvgIpc) is 2.62. The predicted molar refractivity (Wildman–Crippen MR) is 123 cm³/mol. The lowest BCUT2D eigenvalue weighted by Gasteiger charge is -2.16. The van der Waals surface area contributed by atoms with Crippen molar-refractivity contribution in [2.45, 2.75) is 137 Å². The average molecular weight is 383 g/mol. The second kappa shape index (κ2) is 19.3. The molecule has 0 spiro atoms. The van der Waals surface area contributed by atoms with Gasteiger partial charge >= 0.3 is 0 Å². The lowest BCUT2D eigenvalue weighted by molar-refractivity contribution is 0.255. The van der Waals surface area contributed by atoms with Gasteiger partial charge in [-0.15, -0.1) is 0 Å². The molecule has 0 aliphatic carbocycles. The summed E-state index contributed by atoms with van der Waals surface area (Å²) >= 11 is 0. The first-order chi connectivity index (χ1) is 13.0. The molecule has 0 rings (SSSR count). The summed E-state index contributed by atoms with van der Waals surface area (Å²) in [6, 6.07) is 0. The van der Waals surface area contributed by atoms with Crippen LogP contribution in [0.3, 0.4) is 0 Å². The van der Waals surface area contributed by atoms with E-state index >= 15 is 0 Å². The van der Waals surface area contributed by atoms with Crippen LogP contribution in [0.2, 0.25) is 0 Å². The van der Waals surface area contributed by atoms with E-state index in [2.05, 4.69) is 34.6 Å². The topological polar surface area (TPSA) is 20.2 Å². The van der Waals surface area contributed by atoms with Crippen LogP contribution in [0.1, 0.15) is 137 Å². The molecule has 0 fully saturated rings. The number of hydrogen-bond donors (Lipinski definition) is 1.